The molecule has 1 unspecified atom stereocenters. The van der Waals surface area contributed by atoms with Crippen LogP contribution in [-0.2, 0) is 14.8 Å². The third kappa shape index (κ3) is 5.39. The minimum absolute atomic E-state index is 0.00769. The maximum Gasteiger partial charge on any atom is 0.243 e. The molecule has 3 heterocycles. The van der Waals surface area contributed by atoms with E-state index in [4.69, 9.17) is 4.42 Å². The summed E-state index contributed by atoms with van der Waals surface area (Å²) in [5.74, 6) is 0.713. The molecule has 1 aromatic carbocycles. The highest BCUT2D eigenvalue weighted by Crippen LogP contribution is 2.29. The van der Waals surface area contributed by atoms with Gasteiger partial charge in [0.05, 0.1) is 17.2 Å². The van der Waals surface area contributed by atoms with Crippen LogP contribution >= 0.6 is 0 Å². The molecule has 0 bridgehead atoms. The normalized spacial score (nSPS) is 19.7. The van der Waals surface area contributed by atoms with Gasteiger partial charge in [-0.05, 0) is 82.8 Å². The van der Waals surface area contributed by atoms with Crippen molar-refractivity contribution >= 4 is 15.9 Å². The first-order valence-corrected chi connectivity index (χ1v) is 13.8. The number of carbonyl (C=O) groups excluding carboxylic acids is 1. The molecule has 1 amide bonds. The second-order valence-corrected chi connectivity index (χ2v) is 11.7. The standard InChI is InChI=1S/C26H37N3O4S/c1-19-16-20(2)25(21(3)17-19)34(31,32)29-13-9-22(10-14-29)26(30)27-18-23(24-8-7-15-33-24)28-11-5-4-6-12-28/h7-8,15-17,22-23H,4-6,9-14,18H2,1-3H3,(H,27,30). The van der Waals surface area contributed by atoms with Crippen LogP contribution in [0.5, 0.6) is 0 Å². The van der Waals surface area contributed by atoms with Crippen molar-refractivity contribution in [2.45, 2.75) is 63.8 Å². The summed E-state index contributed by atoms with van der Waals surface area (Å²) >= 11 is 0. The van der Waals surface area contributed by atoms with Gasteiger partial charge in [-0.2, -0.15) is 4.31 Å². The highest BCUT2D eigenvalue weighted by atomic mass is 32.2. The summed E-state index contributed by atoms with van der Waals surface area (Å²) < 4.78 is 33.9. The van der Waals surface area contributed by atoms with E-state index in [9.17, 15) is 13.2 Å². The van der Waals surface area contributed by atoms with E-state index in [0.29, 0.717) is 37.4 Å². The minimum atomic E-state index is -3.58. The van der Waals surface area contributed by atoms with Gasteiger partial charge in [-0.15, -0.1) is 0 Å². The van der Waals surface area contributed by atoms with Crippen LogP contribution in [0.15, 0.2) is 39.8 Å². The lowest BCUT2D eigenvalue weighted by Crippen LogP contribution is -2.45. The Kier molecular flexibility index (Phi) is 7.80. The van der Waals surface area contributed by atoms with Crippen LogP contribution in [0.25, 0.3) is 0 Å². The number of hydrogen-bond acceptors (Lipinski definition) is 5. The fourth-order valence-corrected chi connectivity index (χ4v) is 7.40. The molecule has 2 saturated heterocycles. The molecule has 2 aliphatic rings. The summed E-state index contributed by atoms with van der Waals surface area (Å²) in [6.07, 6.45) is 6.32. The average molecular weight is 488 g/mol. The molecule has 2 aliphatic heterocycles. The van der Waals surface area contributed by atoms with Crippen LogP contribution in [0, 0.1) is 26.7 Å². The van der Waals surface area contributed by atoms with Crippen molar-refractivity contribution in [2.75, 3.05) is 32.7 Å². The molecule has 0 radical (unpaired) electrons. The number of furan rings is 1. The van der Waals surface area contributed by atoms with Crippen molar-refractivity contribution in [3.8, 4) is 0 Å². The Bertz CT molecular complexity index is 1060. The van der Waals surface area contributed by atoms with Gasteiger partial charge in [0.1, 0.15) is 5.76 Å². The highest BCUT2D eigenvalue weighted by molar-refractivity contribution is 7.89. The third-order valence-electron chi connectivity index (χ3n) is 7.20. The quantitative estimate of drug-likeness (QED) is 0.639. The number of likely N-dealkylation sites (tertiary alicyclic amines) is 1. The summed E-state index contributed by atoms with van der Waals surface area (Å²) in [4.78, 5) is 15.8. The number of benzene rings is 1. The monoisotopic (exact) mass is 487 g/mol. The molecule has 0 saturated carbocycles. The molecule has 1 atom stereocenters. The molecule has 4 rings (SSSR count). The van der Waals surface area contributed by atoms with Crippen LogP contribution in [-0.4, -0.2) is 56.3 Å². The molecule has 2 aromatic rings. The number of carbonyl (C=O) groups is 1. The molecule has 34 heavy (non-hydrogen) atoms. The molecule has 186 valence electrons. The van der Waals surface area contributed by atoms with Gasteiger partial charge in [-0.3, -0.25) is 9.69 Å². The second kappa shape index (κ2) is 10.6. The van der Waals surface area contributed by atoms with Crippen LogP contribution in [0.1, 0.15) is 60.6 Å². The summed E-state index contributed by atoms with van der Waals surface area (Å²) in [6, 6.07) is 7.73. The first-order chi connectivity index (χ1) is 16.3. The Morgan fingerprint density at radius 1 is 1.06 bits per heavy atom. The van der Waals surface area contributed by atoms with E-state index < -0.39 is 10.0 Å². The van der Waals surface area contributed by atoms with E-state index in [2.05, 4.69) is 10.2 Å². The van der Waals surface area contributed by atoms with Crippen molar-refractivity contribution in [3.63, 3.8) is 0 Å². The van der Waals surface area contributed by atoms with Crippen LogP contribution in [0.3, 0.4) is 0 Å². The number of hydrogen-bond donors (Lipinski definition) is 1. The number of sulfonamides is 1. The van der Waals surface area contributed by atoms with Crippen molar-refractivity contribution in [1.82, 2.24) is 14.5 Å². The maximum atomic E-state index is 13.3. The SMILES string of the molecule is Cc1cc(C)c(S(=O)(=O)N2CCC(C(=O)NCC(c3ccco3)N3CCCCC3)CC2)c(C)c1. The molecule has 8 heteroatoms. The smallest absolute Gasteiger partial charge is 0.243 e. The third-order valence-corrected chi connectivity index (χ3v) is 9.40. The fraction of sp³-hybridized carbons (Fsp3) is 0.577. The van der Waals surface area contributed by atoms with E-state index in [1.54, 1.807) is 10.6 Å². The predicted octanol–water partition coefficient (Wildman–Crippen LogP) is 3.95. The summed E-state index contributed by atoms with van der Waals surface area (Å²) in [7, 11) is -3.58. The Morgan fingerprint density at radius 2 is 1.71 bits per heavy atom. The van der Waals surface area contributed by atoms with E-state index in [0.717, 1.165) is 48.4 Å². The maximum absolute atomic E-state index is 13.3. The summed E-state index contributed by atoms with van der Waals surface area (Å²) in [5.41, 5.74) is 2.61. The van der Waals surface area contributed by atoms with Gasteiger partial charge in [-0.1, -0.05) is 24.1 Å². The van der Waals surface area contributed by atoms with Gasteiger partial charge in [0, 0.05) is 25.6 Å². The molecule has 1 aromatic heterocycles. The molecule has 7 nitrogen and oxygen atoms in total. The molecule has 1 N–H and O–H groups in total. The number of aryl methyl sites for hydroxylation is 3. The number of piperidine rings is 2. The summed E-state index contributed by atoms with van der Waals surface area (Å²) in [5, 5.41) is 3.14. The first kappa shape index (κ1) is 24.9. The Morgan fingerprint density at radius 3 is 2.29 bits per heavy atom. The second-order valence-electron chi connectivity index (χ2n) is 9.78. The predicted molar refractivity (Wildman–Crippen MR) is 132 cm³/mol. The number of nitrogens with one attached hydrogen (secondary N) is 1. The zero-order valence-corrected chi connectivity index (χ0v) is 21.4. The van der Waals surface area contributed by atoms with Gasteiger partial charge in [0.25, 0.3) is 0 Å². The van der Waals surface area contributed by atoms with Gasteiger partial charge < -0.3 is 9.73 Å². The number of rotatable bonds is 7. The van der Waals surface area contributed by atoms with E-state index in [1.165, 1.54) is 6.42 Å². The van der Waals surface area contributed by atoms with E-state index >= 15 is 0 Å². The number of nitrogens with zero attached hydrogens (tertiary/aromatic N) is 2. The Hall–Kier alpha value is -2.16. The van der Waals surface area contributed by atoms with Crippen LogP contribution in [0.2, 0.25) is 0 Å². The molecular formula is C26H37N3O4S. The zero-order chi connectivity index (χ0) is 24.3. The summed E-state index contributed by atoms with van der Waals surface area (Å²) in [6.45, 7) is 8.93. The highest BCUT2D eigenvalue weighted by Gasteiger charge is 2.34. The van der Waals surface area contributed by atoms with Gasteiger partial charge >= 0.3 is 0 Å². The Labute approximate surface area is 203 Å². The zero-order valence-electron chi connectivity index (χ0n) is 20.5. The lowest BCUT2D eigenvalue weighted by Gasteiger charge is -2.34. The topological polar surface area (TPSA) is 82.9 Å². The van der Waals surface area contributed by atoms with Crippen molar-refractivity contribution in [1.29, 1.82) is 0 Å². The molecule has 0 spiro atoms. The van der Waals surface area contributed by atoms with Crippen molar-refractivity contribution in [3.05, 3.63) is 53.0 Å². The molecular weight excluding hydrogens is 450 g/mol. The van der Waals surface area contributed by atoms with E-state index in [-0.39, 0.29) is 17.9 Å². The largest absolute Gasteiger partial charge is 0.468 e. The number of amides is 1. The van der Waals surface area contributed by atoms with Gasteiger partial charge in [-0.25, -0.2) is 8.42 Å². The Balaban J connectivity index is 1.36. The average Bonchev–Trinajstić information content (AvgIpc) is 3.33. The van der Waals surface area contributed by atoms with Crippen molar-refractivity contribution in [2.24, 2.45) is 5.92 Å². The molecule has 2 fully saturated rings. The lowest BCUT2D eigenvalue weighted by atomic mass is 9.97. The molecule has 0 aliphatic carbocycles. The fourth-order valence-electron chi connectivity index (χ4n) is 5.52. The first-order valence-electron chi connectivity index (χ1n) is 12.4. The van der Waals surface area contributed by atoms with E-state index in [1.807, 2.05) is 45.0 Å². The van der Waals surface area contributed by atoms with Crippen LogP contribution < -0.4 is 5.32 Å². The van der Waals surface area contributed by atoms with Crippen LogP contribution in [0.4, 0.5) is 0 Å². The lowest BCUT2D eigenvalue weighted by molar-refractivity contribution is -0.126. The van der Waals surface area contributed by atoms with Crippen molar-refractivity contribution < 1.29 is 17.6 Å². The van der Waals surface area contributed by atoms with Gasteiger partial charge in [0.2, 0.25) is 15.9 Å². The van der Waals surface area contributed by atoms with Gasteiger partial charge in [0.15, 0.2) is 0 Å². The minimum Gasteiger partial charge on any atom is -0.468 e.